The van der Waals surface area contributed by atoms with Gasteiger partial charge in [0.2, 0.25) is 0 Å². The van der Waals surface area contributed by atoms with Crippen LogP contribution in [0.5, 0.6) is 0 Å². The summed E-state index contributed by atoms with van der Waals surface area (Å²) in [5.74, 6) is -0.631. The molecular weight excluding hydrogens is 481 g/mol. The number of alkyl halides is 3. The van der Waals surface area contributed by atoms with E-state index >= 15 is 0 Å². The van der Waals surface area contributed by atoms with Crippen molar-refractivity contribution in [2.24, 2.45) is 0 Å². The molecule has 1 aliphatic rings. The number of anilines is 1. The summed E-state index contributed by atoms with van der Waals surface area (Å²) >= 11 is 0. The standard InChI is InChI=1S/C28H29F3N4O2/c1-4-35(5-2)15-14-32-27(37)24-17(3)33-23(16-21-20-8-6-7-9-22(20)34-26(21)36)25(24)18-10-12-19(13-11-18)28(29,30)31/h6-13,16,33H,4-5,14-15H2,1-3H3,(H,32,37)(H,34,36)/b21-16-. The first kappa shape index (κ1) is 26.2. The number of amides is 2. The molecule has 6 nitrogen and oxygen atoms in total. The van der Waals surface area contributed by atoms with E-state index in [1.807, 2.05) is 32.0 Å². The highest BCUT2D eigenvalue weighted by Gasteiger charge is 2.31. The van der Waals surface area contributed by atoms with Gasteiger partial charge in [-0.3, -0.25) is 9.59 Å². The maximum Gasteiger partial charge on any atom is 0.416 e. The van der Waals surface area contributed by atoms with E-state index in [9.17, 15) is 22.8 Å². The molecule has 1 aliphatic heterocycles. The highest BCUT2D eigenvalue weighted by Crippen LogP contribution is 2.38. The van der Waals surface area contributed by atoms with Crippen molar-refractivity contribution < 1.29 is 22.8 Å². The van der Waals surface area contributed by atoms with E-state index < -0.39 is 11.7 Å². The van der Waals surface area contributed by atoms with Crippen LogP contribution in [-0.4, -0.2) is 47.9 Å². The number of rotatable bonds is 8. The summed E-state index contributed by atoms with van der Waals surface area (Å²) in [6.07, 6.45) is -2.83. The molecule has 0 fully saturated rings. The highest BCUT2D eigenvalue weighted by molar-refractivity contribution is 6.35. The average molecular weight is 511 g/mol. The van der Waals surface area contributed by atoms with Gasteiger partial charge in [0.25, 0.3) is 11.8 Å². The molecule has 3 aromatic rings. The zero-order valence-corrected chi connectivity index (χ0v) is 20.9. The Labute approximate surface area is 213 Å². The first-order chi connectivity index (χ1) is 17.6. The van der Waals surface area contributed by atoms with Crippen LogP contribution in [0.2, 0.25) is 0 Å². The van der Waals surface area contributed by atoms with Gasteiger partial charge in [0.1, 0.15) is 0 Å². The largest absolute Gasteiger partial charge is 0.416 e. The Balaban J connectivity index is 1.78. The summed E-state index contributed by atoms with van der Waals surface area (Å²) in [6.45, 7) is 8.62. The van der Waals surface area contributed by atoms with Crippen molar-refractivity contribution in [3.63, 3.8) is 0 Å². The predicted molar refractivity (Wildman–Crippen MR) is 139 cm³/mol. The number of benzene rings is 2. The Hall–Kier alpha value is -3.85. The summed E-state index contributed by atoms with van der Waals surface area (Å²) < 4.78 is 39.6. The third kappa shape index (κ3) is 5.46. The predicted octanol–water partition coefficient (Wildman–Crippen LogP) is 5.57. The van der Waals surface area contributed by atoms with Crippen molar-refractivity contribution in [1.29, 1.82) is 0 Å². The number of aromatic amines is 1. The first-order valence-electron chi connectivity index (χ1n) is 12.2. The van der Waals surface area contributed by atoms with Gasteiger partial charge in [0.15, 0.2) is 0 Å². The van der Waals surface area contributed by atoms with Gasteiger partial charge in [0.05, 0.1) is 16.7 Å². The molecule has 9 heteroatoms. The van der Waals surface area contributed by atoms with Gasteiger partial charge in [0, 0.05) is 41.3 Å². The molecule has 0 aliphatic carbocycles. The summed E-state index contributed by atoms with van der Waals surface area (Å²) in [5, 5.41) is 5.75. The zero-order valence-electron chi connectivity index (χ0n) is 20.9. The Morgan fingerprint density at radius 1 is 1.05 bits per heavy atom. The van der Waals surface area contributed by atoms with Crippen molar-refractivity contribution >= 4 is 29.2 Å². The molecule has 0 atom stereocenters. The molecule has 0 spiro atoms. The molecular formula is C28H29F3N4O2. The summed E-state index contributed by atoms with van der Waals surface area (Å²) in [7, 11) is 0. The molecule has 3 N–H and O–H groups in total. The molecule has 1 aromatic heterocycles. The van der Waals surface area contributed by atoms with Gasteiger partial charge in [-0.25, -0.2) is 0 Å². The average Bonchev–Trinajstić information content (AvgIpc) is 3.37. The lowest BCUT2D eigenvalue weighted by Crippen LogP contribution is -2.35. The van der Waals surface area contributed by atoms with Crippen LogP contribution < -0.4 is 10.6 Å². The fraction of sp³-hybridized carbons (Fsp3) is 0.286. The molecule has 194 valence electrons. The molecule has 4 rings (SSSR count). The summed E-state index contributed by atoms with van der Waals surface area (Å²) in [6, 6.07) is 11.9. The number of nitrogens with one attached hydrogen (secondary N) is 3. The van der Waals surface area contributed by atoms with Crippen molar-refractivity contribution in [1.82, 2.24) is 15.2 Å². The molecule has 0 radical (unpaired) electrons. The third-order valence-electron chi connectivity index (χ3n) is 6.55. The van der Waals surface area contributed by atoms with Crippen LogP contribution in [0.25, 0.3) is 22.8 Å². The number of aromatic nitrogens is 1. The van der Waals surface area contributed by atoms with Crippen LogP contribution in [0.1, 0.15) is 46.7 Å². The van der Waals surface area contributed by atoms with Crippen LogP contribution in [0.3, 0.4) is 0 Å². The van der Waals surface area contributed by atoms with E-state index in [0.717, 1.165) is 25.2 Å². The molecule has 2 heterocycles. The molecule has 0 bridgehead atoms. The van der Waals surface area contributed by atoms with E-state index in [4.69, 9.17) is 0 Å². The number of likely N-dealkylation sites (N-methyl/N-ethyl adjacent to an activating group) is 1. The van der Waals surface area contributed by atoms with Crippen LogP contribution >= 0.6 is 0 Å². The fourth-order valence-corrected chi connectivity index (χ4v) is 4.55. The molecule has 0 saturated heterocycles. The smallest absolute Gasteiger partial charge is 0.358 e. The first-order valence-corrected chi connectivity index (χ1v) is 12.2. The van der Waals surface area contributed by atoms with E-state index in [1.165, 1.54) is 12.1 Å². The molecule has 2 amide bonds. The fourth-order valence-electron chi connectivity index (χ4n) is 4.55. The van der Waals surface area contributed by atoms with Gasteiger partial charge < -0.3 is 20.5 Å². The van der Waals surface area contributed by atoms with Gasteiger partial charge >= 0.3 is 6.18 Å². The monoisotopic (exact) mass is 510 g/mol. The van der Waals surface area contributed by atoms with E-state index in [2.05, 4.69) is 20.5 Å². The Bertz CT molecular complexity index is 1340. The molecule has 0 unspecified atom stereocenters. The third-order valence-corrected chi connectivity index (χ3v) is 6.55. The Morgan fingerprint density at radius 2 is 1.73 bits per heavy atom. The van der Waals surface area contributed by atoms with Gasteiger partial charge in [-0.15, -0.1) is 0 Å². The topological polar surface area (TPSA) is 77.2 Å². The Kier molecular flexibility index (Phi) is 7.54. The zero-order chi connectivity index (χ0) is 26.7. The minimum Gasteiger partial charge on any atom is -0.358 e. The number of nitrogens with zero attached hydrogens (tertiary/aromatic N) is 1. The van der Waals surface area contributed by atoms with Crippen molar-refractivity contribution in [2.45, 2.75) is 26.9 Å². The summed E-state index contributed by atoms with van der Waals surface area (Å²) in [5.41, 5.74) is 3.23. The highest BCUT2D eigenvalue weighted by atomic mass is 19.4. The number of fused-ring (bicyclic) bond motifs is 1. The SMILES string of the molecule is CCN(CC)CCNC(=O)c1c(C)[nH]c(/C=C2\C(=O)Nc3ccccc32)c1-c1ccc(C(F)(F)F)cc1. The van der Waals surface area contributed by atoms with E-state index in [0.29, 0.717) is 58.0 Å². The maximum atomic E-state index is 13.3. The van der Waals surface area contributed by atoms with Crippen LogP contribution in [-0.2, 0) is 11.0 Å². The maximum absolute atomic E-state index is 13.3. The lowest BCUT2D eigenvalue weighted by atomic mass is 9.96. The molecule has 2 aromatic carbocycles. The number of H-pyrrole nitrogens is 1. The number of hydrogen-bond acceptors (Lipinski definition) is 3. The minimum atomic E-state index is -4.48. The number of aryl methyl sites for hydroxylation is 1. The van der Waals surface area contributed by atoms with Gasteiger partial charge in [-0.2, -0.15) is 13.2 Å². The number of hydrogen-bond donors (Lipinski definition) is 3. The van der Waals surface area contributed by atoms with Crippen molar-refractivity contribution in [2.75, 3.05) is 31.5 Å². The van der Waals surface area contributed by atoms with Gasteiger partial charge in [-0.05, 0) is 49.9 Å². The second kappa shape index (κ2) is 10.6. The minimum absolute atomic E-state index is 0.294. The van der Waals surface area contributed by atoms with E-state index in [1.54, 1.807) is 19.1 Å². The van der Waals surface area contributed by atoms with Crippen LogP contribution in [0.4, 0.5) is 18.9 Å². The van der Waals surface area contributed by atoms with E-state index in [-0.39, 0.29) is 11.8 Å². The summed E-state index contributed by atoms with van der Waals surface area (Å²) in [4.78, 5) is 31.4. The van der Waals surface area contributed by atoms with Crippen LogP contribution in [0, 0.1) is 6.92 Å². The number of halogens is 3. The van der Waals surface area contributed by atoms with Crippen molar-refractivity contribution in [3.05, 3.63) is 76.6 Å². The quantitative estimate of drug-likeness (QED) is 0.347. The lowest BCUT2D eigenvalue weighted by Gasteiger charge is -2.18. The molecule has 37 heavy (non-hydrogen) atoms. The van der Waals surface area contributed by atoms with Gasteiger partial charge in [-0.1, -0.05) is 44.2 Å². The number of carbonyl (C=O) groups is 2. The number of carbonyl (C=O) groups excluding carboxylic acids is 2. The second-order valence-electron chi connectivity index (χ2n) is 8.83. The van der Waals surface area contributed by atoms with Crippen LogP contribution in [0.15, 0.2) is 48.5 Å². The normalized spacial score (nSPS) is 14.2. The van der Waals surface area contributed by atoms with Crippen molar-refractivity contribution in [3.8, 4) is 11.1 Å². The Morgan fingerprint density at radius 3 is 2.38 bits per heavy atom. The second-order valence-corrected chi connectivity index (χ2v) is 8.83. The molecule has 0 saturated carbocycles. The number of para-hydroxylation sites is 1. The lowest BCUT2D eigenvalue weighted by molar-refractivity contribution is -0.137.